The summed E-state index contributed by atoms with van der Waals surface area (Å²) in [6.45, 7) is 1.89. The van der Waals surface area contributed by atoms with Gasteiger partial charge in [-0.25, -0.2) is 9.97 Å². The Balaban J connectivity index is 1.51. The van der Waals surface area contributed by atoms with E-state index in [0.717, 1.165) is 11.3 Å². The maximum atomic E-state index is 12.3. The average Bonchev–Trinajstić information content (AvgIpc) is 3.24. The van der Waals surface area contributed by atoms with E-state index in [0.29, 0.717) is 22.3 Å². The minimum atomic E-state index is -0.334. The SMILES string of the molecule is Cc1csc(NC(=O)Cn2cnc(-c3ccc4c(c3)OCO4)cc2=O)n1. The van der Waals surface area contributed by atoms with Crippen LogP contribution in [0, 0.1) is 6.92 Å². The molecule has 132 valence electrons. The first-order valence-corrected chi connectivity index (χ1v) is 8.65. The Kier molecular flexibility index (Phi) is 4.13. The Bertz CT molecular complexity index is 1040. The number of aryl methyl sites for hydroxylation is 1. The molecule has 0 spiro atoms. The summed E-state index contributed by atoms with van der Waals surface area (Å²) >= 11 is 1.33. The maximum absolute atomic E-state index is 12.3. The first-order valence-electron chi connectivity index (χ1n) is 7.77. The number of nitrogens with zero attached hydrogens (tertiary/aromatic N) is 3. The van der Waals surface area contributed by atoms with Crippen LogP contribution in [0.5, 0.6) is 11.5 Å². The molecule has 0 fully saturated rings. The number of carbonyl (C=O) groups excluding carboxylic acids is 1. The van der Waals surface area contributed by atoms with Gasteiger partial charge in [0.1, 0.15) is 6.54 Å². The van der Waals surface area contributed by atoms with E-state index in [2.05, 4.69) is 15.3 Å². The molecule has 0 saturated heterocycles. The van der Waals surface area contributed by atoms with Crippen molar-refractivity contribution in [2.75, 3.05) is 12.1 Å². The van der Waals surface area contributed by atoms with E-state index >= 15 is 0 Å². The van der Waals surface area contributed by atoms with E-state index in [1.54, 1.807) is 18.2 Å². The third-order valence-corrected chi connectivity index (χ3v) is 4.60. The molecule has 0 atom stereocenters. The molecular formula is C17H14N4O4S. The normalized spacial score (nSPS) is 12.2. The highest BCUT2D eigenvalue weighted by Crippen LogP contribution is 2.35. The number of fused-ring (bicyclic) bond motifs is 1. The predicted octanol–water partition coefficient (Wildman–Crippen LogP) is 2.04. The largest absolute Gasteiger partial charge is 0.454 e. The van der Waals surface area contributed by atoms with Gasteiger partial charge in [0, 0.05) is 17.0 Å². The number of benzene rings is 1. The lowest BCUT2D eigenvalue weighted by molar-refractivity contribution is -0.116. The molecule has 3 aromatic rings. The number of amides is 1. The van der Waals surface area contributed by atoms with Crippen LogP contribution >= 0.6 is 11.3 Å². The van der Waals surface area contributed by atoms with Gasteiger partial charge in [-0.15, -0.1) is 11.3 Å². The lowest BCUT2D eigenvalue weighted by atomic mass is 10.1. The Morgan fingerprint density at radius 1 is 1.31 bits per heavy atom. The van der Waals surface area contributed by atoms with Crippen LogP contribution in [0.25, 0.3) is 11.3 Å². The van der Waals surface area contributed by atoms with E-state index < -0.39 is 0 Å². The van der Waals surface area contributed by atoms with Crippen molar-refractivity contribution < 1.29 is 14.3 Å². The lowest BCUT2D eigenvalue weighted by Crippen LogP contribution is -2.27. The van der Waals surface area contributed by atoms with Crippen molar-refractivity contribution in [2.24, 2.45) is 0 Å². The lowest BCUT2D eigenvalue weighted by Gasteiger charge is -2.07. The molecule has 2 aromatic heterocycles. The van der Waals surface area contributed by atoms with Crippen LogP contribution in [-0.2, 0) is 11.3 Å². The fourth-order valence-electron chi connectivity index (χ4n) is 2.48. The number of aromatic nitrogens is 3. The molecular weight excluding hydrogens is 356 g/mol. The van der Waals surface area contributed by atoms with E-state index in [9.17, 15) is 9.59 Å². The molecule has 1 aromatic carbocycles. The quantitative estimate of drug-likeness (QED) is 0.755. The Morgan fingerprint density at radius 3 is 2.92 bits per heavy atom. The summed E-state index contributed by atoms with van der Waals surface area (Å²) in [5, 5.41) is 5.01. The van der Waals surface area contributed by atoms with Gasteiger partial charge in [0.05, 0.1) is 17.7 Å². The molecule has 0 aliphatic carbocycles. The van der Waals surface area contributed by atoms with E-state index in [4.69, 9.17) is 9.47 Å². The predicted molar refractivity (Wildman–Crippen MR) is 95.5 cm³/mol. The van der Waals surface area contributed by atoms with Crippen LogP contribution in [0.2, 0.25) is 0 Å². The van der Waals surface area contributed by atoms with E-state index in [1.165, 1.54) is 28.3 Å². The number of carbonyl (C=O) groups is 1. The first kappa shape index (κ1) is 16.3. The van der Waals surface area contributed by atoms with E-state index in [-0.39, 0.29) is 24.8 Å². The first-order chi connectivity index (χ1) is 12.6. The van der Waals surface area contributed by atoms with Gasteiger partial charge in [0.15, 0.2) is 16.6 Å². The van der Waals surface area contributed by atoms with Crippen molar-refractivity contribution in [2.45, 2.75) is 13.5 Å². The molecule has 3 heterocycles. The van der Waals surface area contributed by atoms with Crippen molar-refractivity contribution in [3.63, 3.8) is 0 Å². The highest BCUT2D eigenvalue weighted by molar-refractivity contribution is 7.13. The topological polar surface area (TPSA) is 95.3 Å². The average molecular weight is 370 g/mol. The van der Waals surface area contributed by atoms with Gasteiger partial charge in [-0.05, 0) is 25.1 Å². The monoisotopic (exact) mass is 370 g/mol. The van der Waals surface area contributed by atoms with Gasteiger partial charge in [-0.3, -0.25) is 14.2 Å². The number of thiazole rings is 1. The molecule has 0 saturated carbocycles. The molecule has 8 nitrogen and oxygen atoms in total. The molecule has 1 aliphatic rings. The number of ether oxygens (including phenoxy) is 2. The van der Waals surface area contributed by atoms with Crippen LogP contribution in [0.15, 0.2) is 40.8 Å². The zero-order valence-electron chi connectivity index (χ0n) is 13.8. The number of hydrogen-bond donors (Lipinski definition) is 1. The Labute approximate surface area is 152 Å². The van der Waals surface area contributed by atoms with Crippen LogP contribution in [0.4, 0.5) is 5.13 Å². The number of nitrogens with one attached hydrogen (secondary N) is 1. The van der Waals surface area contributed by atoms with Gasteiger partial charge < -0.3 is 14.8 Å². The standard InChI is InChI=1S/C17H14N4O4S/c1-10-7-26-17(19-10)20-15(22)6-21-8-18-12(5-16(21)23)11-2-3-13-14(4-11)25-9-24-13/h2-5,7-8H,6,9H2,1H3,(H,19,20,22). The zero-order chi connectivity index (χ0) is 18.1. The second kappa shape index (κ2) is 6.60. The van der Waals surface area contributed by atoms with Gasteiger partial charge >= 0.3 is 0 Å². The van der Waals surface area contributed by atoms with Crippen LogP contribution in [0.3, 0.4) is 0 Å². The van der Waals surface area contributed by atoms with Gasteiger partial charge in [0.2, 0.25) is 12.7 Å². The molecule has 0 bridgehead atoms. The molecule has 1 N–H and O–H groups in total. The summed E-state index contributed by atoms with van der Waals surface area (Å²) in [6, 6.07) is 6.73. The second-order valence-corrected chi connectivity index (χ2v) is 6.51. The van der Waals surface area contributed by atoms with Crippen LogP contribution in [-0.4, -0.2) is 27.2 Å². The second-order valence-electron chi connectivity index (χ2n) is 5.65. The molecule has 0 radical (unpaired) electrons. The summed E-state index contributed by atoms with van der Waals surface area (Å²) in [4.78, 5) is 32.8. The summed E-state index contributed by atoms with van der Waals surface area (Å²) in [7, 11) is 0. The summed E-state index contributed by atoms with van der Waals surface area (Å²) in [6.07, 6.45) is 1.36. The number of hydrogen-bond acceptors (Lipinski definition) is 7. The Morgan fingerprint density at radius 2 is 2.15 bits per heavy atom. The summed E-state index contributed by atoms with van der Waals surface area (Å²) < 4.78 is 11.8. The van der Waals surface area contributed by atoms with Crippen molar-refractivity contribution in [1.82, 2.24) is 14.5 Å². The third kappa shape index (κ3) is 3.29. The highest BCUT2D eigenvalue weighted by atomic mass is 32.1. The summed E-state index contributed by atoms with van der Waals surface area (Å²) in [5.74, 6) is 0.946. The van der Waals surface area contributed by atoms with Crippen molar-refractivity contribution in [3.05, 3.63) is 52.0 Å². The molecule has 4 rings (SSSR count). The van der Waals surface area contributed by atoms with Crippen molar-refractivity contribution in [1.29, 1.82) is 0 Å². The van der Waals surface area contributed by atoms with Crippen LogP contribution < -0.4 is 20.3 Å². The fraction of sp³-hybridized carbons (Fsp3) is 0.176. The Hall–Kier alpha value is -3.20. The maximum Gasteiger partial charge on any atom is 0.254 e. The highest BCUT2D eigenvalue weighted by Gasteiger charge is 2.15. The molecule has 9 heteroatoms. The molecule has 26 heavy (non-hydrogen) atoms. The van der Waals surface area contributed by atoms with E-state index in [1.807, 2.05) is 12.3 Å². The van der Waals surface area contributed by atoms with Crippen molar-refractivity contribution >= 4 is 22.4 Å². The summed E-state index contributed by atoms with van der Waals surface area (Å²) in [5.41, 5.74) is 1.75. The number of anilines is 1. The van der Waals surface area contributed by atoms with Gasteiger partial charge in [-0.1, -0.05) is 0 Å². The van der Waals surface area contributed by atoms with Gasteiger partial charge in [-0.2, -0.15) is 0 Å². The molecule has 1 aliphatic heterocycles. The molecule has 0 unspecified atom stereocenters. The smallest absolute Gasteiger partial charge is 0.254 e. The fourth-order valence-corrected chi connectivity index (χ4v) is 3.19. The number of rotatable bonds is 4. The van der Waals surface area contributed by atoms with Crippen LogP contribution in [0.1, 0.15) is 5.69 Å². The zero-order valence-corrected chi connectivity index (χ0v) is 14.6. The minimum Gasteiger partial charge on any atom is -0.454 e. The van der Waals surface area contributed by atoms with Gasteiger partial charge in [0.25, 0.3) is 5.56 Å². The van der Waals surface area contributed by atoms with Crippen molar-refractivity contribution in [3.8, 4) is 22.8 Å². The molecule has 1 amide bonds. The third-order valence-electron chi connectivity index (χ3n) is 3.73. The minimum absolute atomic E-state index is 0.133.